The maximum atomic E-state index is 11.8. The van der Waals surface area contributed by atoms with E-state index in [-0.39, 0.29) is 12.0 Å². The van der Waals surface area contributed by atoms with Crippen molar-refractivity contribution in [2.45, 2.75) is 33.4 Å². The summed E-state index contributed by atoms with van der Waals surface area (Å²) in [6.07, 6.45) is 1.78. The molecule has 0 aromatic carbocycles. The average Bonchev–Trinajstić information content (AvgIpc) is 2.84. The number of aromatic nitrogens is 1. The van der Waals surface area contributed by atoms with E-state index < -0.39 is 0 Å². The van der Waals surface area contributed by atoms with Crippen molar-refractivity contribution < 1.29 is 13.9 Å². The van der Waals surface area contributed by atoms with Gasteiger partial charge in [0.15, 0.2) is 5.76 Å². The van der Waals surface area contributed by atoms with Gasteiger partial charge in [0.2, 0.25) is 5.88 Å². The van der Waals surface area contributed by atoms with Crippen molar-refractivity contribution in [1.82, 2.24) is 10.3 Å². The number of pyridine rings is 1. The molecule has 0 spiro atoms. The van der Waals surface area contributed by atoms with E-state index in [9.17, 15) is 4.79 Å². The topological polar surface area (TPSA) is 64.4 Å². The standard InChI is InChI=1S/C15H18N2O3/c1-10(2)19-14-7-5-12(8-16-14)9-17-15(18)13-6-4-11(3)20-13/h4-8,10H,9H2,1-3H3,(H,17,18). The molecule has 106 valence electrons. The summed E-state index contributed by atoms with van der Waals surface area (Å²) >= 11 is 0. The molecule has 2 heterocycles. The molecule has 0 bridgehead atoms. The van der Waals surface area contributed by atoms with E-state index in [2.05, 4.69) is 10.3 Å². The van der Waals surface area contributed by atoms with Gasteiger partial charge in [-0.1, -0.05) is 6.07 Å². The highest BCUT2D eigenvalue weighted by Gasteiger charge is 2.09. The molecule has 0 saturated heterocycles. The van der Waals surface area contributed by atoms with E-state index in [1.807, 2.05) is 19.9 Å². The van der Waals surface area contributed by atoms with Gasteiger partial charge in [0.1, 0.15) is 5.76 Å². The summed E-state index contributed by atoms with van der Waals surface area (Å²) in [5.74, 6) is 1.37. The third-order valence-electron chi connectivity index (χ3n) is 2.57. The van der Waals surface area contributed by atoms with Gasteiger partial charge in [-0.05, 0) is 38.5 Å². The number of carbonyl (C=O) groups excluding carboxylic acids is 1. The summed E-state index contributed by atoms with van der Waals surface area (Å²) in [6, 6.07) is 7.08. The van der Waals surface area contributed by atoms with E-state index in [1.54, 1.807) is 31.3 Å². The van der Waals surface area contributed by atoms with Crippen LogP contribution in [0.1, 0.15) is 35.7 Å². The first-order chi connectivity index (χ1) is 9.54. The largest absolute Gasteiger partial charge is 0.475 e. The van der Waals surface area contributed by atoms with E-state index in [0.29, 0.717) is 23.9 Å². The van der Waals surface area contributed by atoms with Crippen LogP contribution >= 0.6 is 0 Å². The minimum Gasteiger partial charge on any atom is -0.475 e. The summed E-state index contributed by atoms with van der Waals surface area (Å²) in [5.41, 5.74) is 0.901. The predicted octanol–water partition coefficient (Wildman–Crippen LogP) is 2.70. The first-order valence-electron chi connectivity index (χ1n) is 6.51. The van der Waals surface area contributed by atoms with Crippen LogP contribution in [0.15, 0.2) is 34.9 Å². The van der Waals surface area contributed by atoms with Crippen LogP contribution in [0.4, 0.5) is 0 Å². The van der Waals surface area contributed by atoms with E-state index in [1.165, 1.54) is 0 Å². The monoisotopic (exact) mass is 274 g/mol. The van der Waals surface area contributed by atoms with Gasteiger partial charge in [-0.15, -0.1) is 0 Å². The molecule has 1 N–H and O–H groups in total. The number of carbonyl (C=O) groups is 1. The number of nitrogens with one attached hydrogen (secondary N) is 1. The number of ether oxygens (including phenoxy) is 1. The first kappa shape index (κ1) is 14.1. The number of furan rings is 1. The molecule has 0 aliphatic rings. The first-order valence-corrected chi connectivity index (χ1v) is 6.51. The second-order valence-corrected chi connectivity index (χ2v) is 4.76. The summed E-state index contributed by atoms with van der Waals surface area (Å²) < 4.78 is 10.7. The molecule has 0 atom stereocenters. The zero-order chi connectivity index (χ0) is 14.5. The maximum Gasteiger partial charge on any atom is 0.287 e. The normalized spacial score (nSPS) is 10.6. The van der Waals surface area contributed by atoms with Gasteiger partial charge in [0.25, 0.3) is 5.91 Å². The van der Waals surface area contributed by atoms with Crippen LogP contribution < -0.4 is 10.1 Å². The molecule has 0 saturated carbocycles. The molecule has 2 aromatic heterocycles. The SMILES string of the molecule is Cc1ccc(C(=O)NCc2ccc(OC(C)C)nc2)o1. The highest BCUT2D eigenvalue weighted by atomic mass is 16.5. The highest BCUT2D eigenvalue weighted by Crippen LogP contribution is 2.10. The van der Waals surface area contributed by atoms with E-state index in [0.717, 1.165) is 5.56 Å². The molecule has 0 unspecified atom stereocenters. The summed E-state index contributed by atoms with van der Waals surface area (Å²) in [6.45, 7) is 6.09. The van der Waals surface area contributed by atoms with Crippen LogP contribution in [0.5, 0.6) is 5.88 Å². The van der Waals surface area contributed by atoms with Gasteiger partial charge in [0, 0.05) is 18.8 Å². The summed E-state index contributed by atoms with van der Waals surface area (Å²) in [5, 5.41) is 2.78. The Morgan fingerprint density at radius 1 is 1.35 bits per heavy atom. The van der Waals surface area contributed by atoms with Crippen LogP contribution in [-0.2, 0) is 6.54 Å². The molecule has 2 aromatic rings. The molecule has 0 radical (unpaired) electrons. The summed E-state index contributed by atoms with van der Waals surface area (Å²) in [4.78, 5) is 16.0. The Balaban J connectivity index is 1.89. The lowest BCUT2D eigenvalue weighted by molar-refractivity contribution is 0.0922. The van der Waals surface area contributed by atoms with Gasteiger partial charge < -0.3 is 14.5 Å². The molecule has 0 aliphatic carbocycles. The Bertz CT molecular complexity index is 573. The lowest BCUT2D eigenvalue weighted by Crippen LogP contribution is -2.22. The van der Waals surface area contributed by atoms with Crippen LogP contribution in [-0.4, -0.2) is 17.0 Å². The zero-order valence-corrected chi connectivity index (χ0v) is 11.8. The Kier molecular flexibility index (Phi) is 4.40. The Labute approximate surface area is 118 Å². The smallest absolute Gasteiger partial charge is 0.287 e. The fourth-order valence-corrected chi connectivity index (χ4v) is 1.65. The fourth-order valence-electron chi connectivity index (χ4n) is 1.65. The molecular formula is C15H18N2O3. The van der Waals surface area contributed by atoms with Crippen molar-refractivity contribution in [1.29, 1.82) is 0 Å². The number of hydrogen-bond donors (Lipinski definition) is 1. The Morgan fingerprint density at radius 3 is 2.70 bits per heavy atom. The van der Waals surface area contributed by atoms with Gasteiger partial charge in [-0.25, -0.2) is 4.98 Å². The van der Waals surface area contributed by atoms with Crippen molar-refractivity contribution in [2.24, 2.45) is 0 Å². The quantitative estimate of drug-likeness (QED) is 0.910. The molecule has 0 fully saturated rings. The lowest BCUT2D eigenvalue weighted by Gasteiger charge is -2.09. The summed E-state index contributed by atoms with van der Waals surface area (Å²) in [7, 11) is 0. The molecule has 1 amide bonds. The van der Waals surface area contributed by atoms with Crippen LogP contribution in [0, 0.1) is 6.92 Å². The highest BCUT2D eigenvalue weighted by molar-refractivity contribution is 5.91. The molecule has 0 aliphatic heterocycles. The number of amides is 1. The van der Waals surface area contributed by atoms with Crippen LogP contribution in [0.3, 0.4) is 0 Å². The fraction of sp³-hybridized carbons (Fsp3) is 0.333. The van der Waals surface area contributed by atoms with Gasteiger partial charge >= 0.3 is 0 Å². The minimum absolute atomic E-state index is 0.0928. The van der Waals surface area contributed by atoms with Crippen molar-refractivity contribution in [3.05, 3.63) is 47.5 Å². The Morgan fingerprint density at radius 2 is 2.15 bits per heavy atom. The molecular weight excluding hydrogens is 256 g/mol. The third-order valence-corrected chi connectivity index (χ3v) is 2.57. The van der Waals surface area contributed by atoms with Crippen LogP contribution in [0.2, 0.25) is 0 Å². The number of aryl methyl sites for hydroxylation is 1. The predicted molar refractivity (Wildman–Crippen MR) is 74.6 cm³/mol. The van der Waals surface area contributed by atoms with Gasteiger partial charge in [-0.3, -0.25) is 4.79 Å². The van der Waals surface area contributed by atoms with Gasteiger partial charge in [-0.2, -0.15) is 0 Å². The van der Waals surface area contributed by atoms with Crippen molar-refractivity contribution in [2.75, 3.05) is 0 Å². The maximum absolute atomic E-state index is 11.8. The average molecular weight is 274 g/mol. The number of nitrogens with zero attached hydrogens (tertiary/aromatic N) is 1. The lowest BCUT2D eigenvalue weighted by atomic mass is 10.3. The van der Waals surface area contributed by atoms with Crippen molar-refractivity contribution in [3.63, 3.8) is 0 Å². The molecule has 5 heteroatoms. The minimum atomic E-state index is -0.236. The van der Waals surface area contributed by atoms with Crippen molar-refractivity contribution in [3.8, 4) is 5.88 Å². The number of rotatable bonds is 5. The third kappa shape index (κ3) is 3.85. The zero-order valence-electron chi connectivity index (χ0n) is 11.8. The second-order valence-electron chi connectivity index (χ2n) is 4.76. The second kappa shape index (κ2) is 6.23. The molecule has 5 nitrogen and oxygen atoms in total. The molecule has 20 heavy (non-hydrogen) atoms. The van der Waals surface area contributed by atoms with Crippen LogP contribution in [0.25, 0.3) is 0 Å². The molecule has 2 rings (SSSR count). The van der Waals surface area contributed by atoms with E-state index in [4.69, 9.17) is 9.15 Å². The van der Waals surface area contributed by atoms with E-state index >= 15 is 0 Å². The van der Waals surface area contributed by atoms with Gasteiger partial charge in [0.05, 0.1) is 6.10 Å². The Hall–Kier alpha value is -2.30. The van der Waals surface area contributed by atoms with Crippen molar-refractivity contribution >= 4 is 5.91 Å². The number of hydrogen-bond acceptors (Lipinski definition) is 4.